The van der Waals surface area contributed by atoms with Crippen molar-refractivity contribution in [3.63, 3.8) is 0 Å². The van der Waals surface area contributed by atoms with Crippen LogP contribution in [-0.4, -0.2) is 44.7 Å². The number of hydrogen-bond donors (Lipinski definition) is 2. The van der Waals surface area contributed by atoms with Crippen LogP contribution >= 0.6 is 0 Å². The molecule has 0 spiro atoms. The largest absolute Gasteiger partial charge is 0.378 e. The van der Waals surface area contributed by atoms with Gasteiger partial charge in [-0.2, -0.15) is 0 Å². The fourth-order valence-electron chi connectivity index (χ4n) is 3.39. The maximum absolute atomic E-state index is 12.3. The van der Waals surface area contributed by atoms with E-state index in [9.17, 15) is 4.79 Å². The van der Waals surface area contributed by atoms with Crippen molar-refractivity contribution in [3.8, 4) is 0 Å². The summed E-state index contributed by atoms with van der Waals surface area (Å²) in [5.41, 5.74) is 3.24. The molecule has 138 valence electrons. The summed E-state index contributed by atoms with van der Waals surface area (Å²) in [6.07, 6.45) is 2.45. The van der Waals surface area contributed by atoms with Crippen molar-refractivity contribution in [2.24, 2.45) is 0 Å². The summed E-state index contributed by atoms with van der Waals surface area (Å²) in [5, 5.41) is 5.93. The lowest BCUT2D eigenvalue weighted by Crippen LogP contribution is -2.38. The fourth-order valence-corrected chi connectivity index (χ4v) is 3.39. The molecular weight excluding hydrogens is 324 g/mol. The van der Waals surface area contributed by atoms with Crippen molar-refractivity contribution in [3.05, 3.63) is 60.2 Å². The molecule has 1 atom stereocenters. The van der Waals surface area contributed by atoms with Crippen LogP contribution in [0.2, 0.25) is 0 Å². The first-order valence-corrected chi connectivity index (χ1v) is 9.25. The number of urea groups is 1. The second-order valence-electron chi connectivity index (χ2n) is 6.95. The lowest BCUT2D eigenvalue weighted by molar-refractivity contribution is 0.227. The van der Waals surface area contributed by atoms with E-state index in [1.807, 2.05) is 44.4 Å². The standard InChI is InChI=1S/C21H28N4O/c1-24(2)19-12-10-17(11-13-19)20(25-14-6-7-15-25)16-22-21(26)23-18-8-4-3-5-9-18/h3-5,8-13,20H,6-7,14-16H2,1-2H3,(H2,22,23,26)/t20-/m1/s1. The number of amides is 2. The minimum atomic E-state index is -0.162. The zero-order chi connectivity index (χ0) is 18.4. The molecule has 0 aromatic heterocycles. The molecule has 1 fully saturated rings. The summed E-state index contributed by atoms with van der Waals surface area (Å²) in [4.78, 5) is 16.8. The molecule has 0 radical (unpaired) electrons. The normalized spacial score (nSPS) is 15.5. The highest BCUT2D eigenvalue weighted by Crippen LogP contribution is 2.26. The average molecular weight is 352 g/mol. The first-order valence-electron chi connectivity index (χ1n) is 9.25. The maximum atomic E-state index is 12.3. The van der Waals surface area contributed by atoms with Crippen molar-refractivity contribution < 1.29 is 4.79 Å². The van der Waals surface area contributed by atoms with Crippen molar-refractivity contribution >= 4 is 17.4 Å². The second kappa shape index (κ2) is 8.72. The SMILES string of the molecule is CN(C)c1ccc([C@@H](CNC(=O)Nc2ccccc2)N2CCCC2)cc1. The topological polar surface area (TPSA) is 47.6 Å². The average Bonchev–Trinajstić information content (AvgIpc) is 3.17. The van der Waals surface area contributed by atoms with Gasteiger partial charge in [-0.1, -0.05) is 30.3 Å². The van der Waals surface area contributed by atoms with Crippen LogP contribution in [0, 0.1) is 0 Å². The number of benzene rings is 2. The van der Waals surface area contributed by atoms with E-state index in [-0.39, 0.29) is 12.1 Å². The van der Waals surface area contributed by atoms with Crippen LogP contribution < -0.4 is 15.5 Å². The lowest BCUT2D eigenvalue weighted by atomic mass is 10.0. The van der Waals surface area contributed by atoms with Crippen molar-refractivity contribution in [2.45, 2.75) is 18.9 Å². The van der Waals surface area contributed by atoms with Gasteiger partial charge in [-0.05, 0) is 55.8 Å². The van der Waals surface area contributed by atoms with Gasteiger partial charge in [0.1, 0.15) is 0 Å². The number of rotatable bonds is 6. The molecule has 0 unspecified atom stereocenters. The van der Waals surface area contributed by atoms with Crippen molar-refractivity contribution in [2.75, 3.05) is 43.9 Å². The Morgan fingerprint density at radius 1 is 1.04 bits per heavy atom. The second-order valence-corrected chi connectivity index (χ2v) is 6.95. The molecule has 2 amide bonds. The first-order chi connectivity index (χ1) is 12.6. The fraction of sp³-hybridized carbons (Fsp3) is 0.381. The highest BCUT2D eigenvalue weighted by atomic mass is 16.2. The molecule has 0 bridgehead atoms. The van der Waals surface area contributed by atoms with Crippen molar-refractivity contribution in [1.29, 1.82) is 0 Å². The minimum Gasteiger partial charge on any atom is -0.378 e. The monoisotopic (exact) mass is 352 g/mol. The van der Waals surface area contributed by atoms with Gasteiger partial charge < -0.3 is 15.5 Å². The number of carbonyl (C=O) groups excluding carboxylic acids is 1. The summed E-state index contributed by atoms with van der Waals surface area (Å²) in [5.74, 6) is 0. The van der Waals surface area contributed by atoms with Gasteiger partial charge in [0.15, 0.2) is 0 Å². The number of anilines is 2. The third-order valence-corrected chi connectivity index (χ3v) is 4.86. The molecular formula is C21H28N4O. The summed E-state index contributed by atoms with van der Waals surface area (Å²) in [6, 6.07) is 18.2. The Balaban J connectivity index is 1.65. The van der Waals surface area contributed by atoms with Gasteiger partial charge in [-0.25, -0.2) is 4.79 Å². The number of likely N-dealkylation sites (tertiary alicyclic amines) is 1. The lowest BCUT2D eigenvalue weighted by Gasteiger charge is -2.28. The number of carbonyl (C=O) groups is 1. The summed E-state index contributed by atoms with van der Waals surface area (Å²) >= 11 is 0. The zero-order valence-electron chi connectivity index (χ0n) is 15.6. The van der Waals surface area contributed by atoms with E-state index in [1.54, 1.807) is 0 Å². The van der Waals surface area contributed by atoms with Gasteiger partial charge in [-0.3, -0.25) is 4.90 Å². The van der Waals surface area contributed by atoms with Gasteiger partial charge in [0.25, 0.3) is 0 Å². The van der Waals surface area contributed by atoms with Crippen molar-refractivity contribution in [1.82, 2.24) is 10.2 Å². The zero-order valence-corrected chi connectivity index (χ0v) is 15.6. The molecule has 2 aromatic carbocycles. The van der Waals surface area contributed by atoms with Crippen LogP contribution in [0.1, 0.15) is 24.4 Å². The van der Waals surface area contributed by atoms with E-state index in [1.165, 1.54) is 24.1 Å². The van der Waals surface area contributed by atoms with Gasteiger partial charge in [-0.15, -0.1) is 0 Å². The molecule has 0 aliphatic carbocycles. The molecule has 0 saturated carbocycles. The molecule has 1 aliphatic heterocycles. The third kappa shape index (κ3) is 4.76. The summed E-state index contributed by atoms with van der Waals surface area (Å²) < 4.78 is 0. The highest BCUT2D eigenvalue weighted by molar-refractivity contribution is 5.89. The predicted molar refractivity (Wildman–Crippen MR) is 108 cm³/mol. The molecule has 1 saturated heterocycles. The Morgan fingerprint density at radius 2 is 1.69 bits per heavy atom. The van der Waals surface area contributed by atoms with E-state index in [4.69, 9.17) is 0 Å². The smallest absolute Gasteiger partial charge is 0.319 e. The Kier molecular flexibility index (Phi) is 6.12. The Morgan fingerprint density at radius 3 is 2.31 bits per heavy atom. The van der Waals surface area contributed by atoms with E-state index in [0.29, 0.717) is 6.54 Å². The van der Waals surface area contributed by atoms with Crippen LogP contribution in [0.25, 0.3) is 0 Å². The third-order valence-electron chi connectivity index (χ3n) is 4.86. The van der Waals surface area contributed by atoms with Crippen LogP contribution in [0.3, 0.4) is 0 Å². The number of nitrogens with one attached hydrogen (secondary N) is 2. The Labute approximate surface area is 156 Å². The van der Waals surface area contributed by atoms with Gasteiger partial charge in [0.2, 0.25) is 0 Å². The van der Waals surface area contributed by atoms with Gasteiger partial charge in [0.05, 0.1) is 6.04 Å². The van der Waals surface area contributed by atoms with E-state index >= 15 is 0 Å². The Bertz CT molecular complexity index is 694. The van der Waals surface area contributed by atoms with Gasteiger partial charge in [0, 0.05) is 32.0 Å². The molecule has 1 aliphatic rings. The predicted octanol–water partition coefficient (Wildman–Crippen LogP) is 3.71. The molecule has 1 heterocycles. The van der Waals surface area contributed by atoms with E-state index in [2.05, 4.69) is 44.7 Å². The van der Waals surface area contributed by atoms with Gasteiger partial charge >= 0.3 is 6.03 Å². The molecule has 2 N–H and O–H groups in total. The highest BCUT2D eigenvalue weighted by Gasteiger charge is 2.24. The number of nitrogens with zero attached hydrogens (tertiary/aromatic N) is 2. The molecule has 26 heavy (non-hydrogen) atoms. The minimum absolute atomic E-state index is 0.162. The summed E-state index contributed by atoms with van der Waals surface area (Å²) in [7, 11) is 4.09. The van der Waals surface area contributed by atoms with E-state index in [0.717, 1.165) is 18.8 Å². The molecule has 5 nitrogen and oxygen atoms in total. The van der Waals surface area contributed by atoms with E-state index < -0.39 is 0 Å². The molecule has 5 heteroatoms. The van der Waals surface area contributed by atoms with Crippen LogP contribution in [0.5, 0.6) is 0 Å². The number of hydrogen-bond acceptors (Lipinski definition) is 3. The first kappa shape index (κ1) is 18.3. The Hall–Kier alpha value is -2.53. The molecule has 3 rings (SSSR count). The summed E-state index contributed by atoms with van der Waals surface area (Å²) in [6.45, 7) is 2.77. The number of para-hydroxylation sites is 1. The van der Waals surface area contributed by atoms with Crippen LogP contribution in [0.15, 0.2) is 54.6 Å². The van der Waals surface area contributed by atoms with Crippen LogP contribution in [-0.2, 0) is 0 Å². The van der Waals surface area contributed by atoms with Crippen LogP contribution in [0.4, 0.5) is 16.2 Å². The molecule has 2 aromatic rings. The maximum Gasteiger partial charge on any atom is 0.319 e. The quantitative estimate of drug-likeness (QED) is 0.833.